The van der Waals surface area contributed by atoms with E-state index < -0.39 is 17.4 Å². The molecule has 2 aliphatic carbocycles. The van der Waals surface area contributed by atoms with Crippen LogP contribution in [0.5, 0.6) is 17.5 Å². The minimum atomic E-state index is -1.24. The zero-order valence-corrected chi connectivity index (χ0v) is 20.0. The average Bonchev–Trinajstić information content (AvgIpc) is 2.81. The lowest BCUT2D eigenvalue weighted by Gasteiger charge is -2.51. The highest BCUT2D eigenvalue weighted by molar-refractivity contribution is 5.75. The molecule has 2 heterocycles. The van der Waals surface area contributed by atoms with E-state index in [1.165, 1.54) is 51.1 Å². The molecule has 2 aliphatic rings. The zero-order valence-electron chi connectivity index (χ0n) is 20.0. The second kappa shape index (κ2) is 8.70. The van der Waals surface area contributed by atoms with Crippen LogP contribution in [0.2, 0.25) is 0 Å². The molecule has 184 valence electrons. The van der Waals surface area contributed by atoms with Crippen LogP contribution in [0.4, 0.5) is 8.78 Å². The maximum absolute atomic E-state index is 15.1. The number of hydrogen-bond donors (Lipinski definition) is 1. The van der Waals surface area contributed by atoms with E-state index in [-0.39, 0.29) is 45.2 Å². The summed E-state index contributed by atoms with van der Waals surface area (Å²) in [7, 11) is 1.39. The summed E-state index contributed by atoms with van der Waals surface area (Å²) in [4.78, 5) is 0. The van der Waals surface area contributed by atoms with Crippen molar-refractivity contribution >= 4 is 0 Å². The number of aromatic hydroxyl groups is 1. The minimum absolute atomic E-state index is 0.00247. The Hall–Kier alpha value is -3.36. The summed E-state index contributed by atoms with van der Waals surface area (Å²) in [5.74, 6) is -2.39. The largest absolute Gasteiger partial charge is 0.507 e. The maximum Gasteiger partial charge on any atom is 0.233 e. The van der Waals surface area contributed by atoms with E-state index in [4.69, 9.17) is 9.47 Å². The van der Waals surface area contributed by atoms with Crippen molar-refractivity contribution in [1.29, 1.82) is 0 Å². The SMILES string of the molecule is COc1cc(-c2cc(O)c(-c3ccc(O[C@H]4C[C@]5(C)CCC[C@](C)(C4)C5)nn3)c(F)c2F)cnn1. The van der Waals surface area contributed by atoms with E-state index in [1.807, 2.05) is 0 Å². The molecule has 7 nitrogen and oxygen atoms in total. The lowest BCUT2D eigenvalue weighted by Crippen LogP contribution is -2.45. The van der Waals surface area contributed by atoms with Crippen molar-refractivity contribution in [1.82, 2.24) is 20.4 Å². The third-order valence-electron chi connectivity index (χ3n) is 7.38. The molecule has 2 saturated carbocycles. The van der Waals surface area contributed by atoms with Crippen LogP contribution in [-0.2, 0) is 0 Å². The van der Waals surface area contributed by atoms with Crippen LogP contribution in [0.1, 0.15) is 52.4 Å². The number of phenols is 1. The van der Waals surface area contributed by atoms with Crippen LogP contribution in [0.15, 0.2) is 30.5 Å². The van der Waals surface area contributed by atoms with E-state index in [2.05, 4.69) is 34.2 Å². The summed E-state index contributed by atoms with van der Waals surface area (Å²) < 4.78 is 41.2. The predicted octanol–water partition coefficient (Wildman–Crippen LogP) is 5.72. The van der Waals surface area contributed by atoms with Gasteiger partial charge >= 0.3 is 0 Å². The van der Waals surface area contributed by atoms with Gasteiger partial charge in [0.1, 0.15) is 17.5 Å². The molecule has 3 atom stereocenters. The number of fused-ring (bicyclic) bond motifs is 2. The van der Waals surface area contributed by atoms with Gasteiger partial charge in [0.2, 0.25) is 11.8 Å². The molecule has 1 aromatic carbocycles. The van der Waals surface area contributed by atoms with E-state index in [1.54, 1.807) is 6.07 Å². The van der Waals surface area contributed by atoms with Crippen molar-refractivity contribution in [2.45, 2.75) is 58.5 Å². The Labute approximate surface area is 202 Å². The van der Waals surface area contributed by atoms with E-state index in [0.29, 0.717) is 5.88 Å². The second-order valence-electron chi connectivity index (χ2n) is 10.5. The van der Waals surface area contributed by atoms with Gasteiger partial charge in [-0.15, -0.1) is 15.3 Å². The summed E-state index contributed by atoms with van der Waals surface area (Å²) in [6.07, 6.45) is 8.09. The highest BCUT2D eigenvalue weighted by Gasteiger charge is 2.47. The Morgan fingerprint density at radius 1 is 0.971 bits per heavy atom. The highest BCUT2D eigenvalue weighted by atomic mass is 19.2. The van der Waals surface area contributed by atoms with Gasteiger partial charge in [0.05, 0.1) is 18.9 Å². The Morgan fingerprint density at radius 2 is 1.71 bits per heavy atom. The fourth-order valence-corrected chi connectivity index (χ4v) is 6.10. The lowest BCUT2D eigenvalue weighted by molar-refractivity contribution is -0.0421. The van der Waals surface area contributed by atoms with Crippen molar-refractivity contribution < 1.29 is 23.4 Å². The van der Waals surface area contributed by atoms with Crippen LogP contribution in [0.25, 0.3) is 22.4 Å². The molecule has 35 heavy (non-hydrogen) atoms. The van der Waals surface area contributed by atoms with Gasteiger partial charge < -0.3 is 14.6 Å². The first-order valence-corrected chi connectivity index (χ1v) is 11.8. The van der Waals surface area contributed by atoms with Crippen LogP contribution < -0.4 is 9.47 Å². The Kier molecular flexibility index (Phi) is 5.81. The van der Waals surface area contributed by atoms with Gasteiger partial charge in [-0.2, -0.15) is 5.10 Å². The number of nitrogens with zero attached hydrogens (tertiary/aromatic N) is 4. The monoisotopic (exact) mass is 482 g/mol. The van der Waals surface area contributed by atoms with Crippen molar-refractivity contribution in [3.63, 3.8) is 0 Å². The molecule has 2 bridgehead atoms. The van der Waals surface area contributed by atoms with Crippen molar-refractivity contribution in [3.05, 3.63) is 42.1 Å². The highest BCUT2D eigenvalue weighted by Crippen LogP contribution is 2.55. The Balaban J connectivity index is 1.39. The molecule has 3 aromatic rings. The number of aromatic nitrogens is 4. The summed E-state index contributed by atoms with van der Waals surface area (Å²) >= 11 is 0. The Bertz CT molecular complexity index is 1240. The molecular formula is C26H28F2N4O3. The molecule has 5 rings (SSSR count). The van der Waals surface area contributed by atoms with Gasteiger partial charge in [-0.25, -0.2) is 8.78 Å². The summed E-state index contributed by atoms with van der Waals surface area (Å²) in [6.45, 7) is 4.66. The van der Waals surface area contributed by atoms with Gasteiger partial charge in [-0.3, -0.25) is 0 Å². The number of halogens is 2. The molecular weight excluding hydrogens is 454 g/mol. The standard InChI is InChI=1S/C26H28F2N4O3/c1-25-7-4-8-26(2,14-25)12-16(11-25)35-20-6-5-18(30-32-20)22-19(33)10-17(23(27)24(22)28)15-9-21(34-3)31-29-13-15/h5-6,9-10,13,16,33H,4,7-8,11-12,14H2,1-3H3/t16-,25-,26+. The van der Waals surface area contributed by atoms with Crippen LogP contribution in [0, 0.1) is 22.5 Å². The normalized spacial score (nSPS) is 25.8. The topological polar surface area (TPSA) is 90.2 Å². The van der Waals surface area contributed by atoms with Gasteiger partial charge in [-0.05, 0) is 55.1 Å². The van der Waals surface area contributed by atoms with Crippen molar-refractivity contribution in [2.24, 2.45) is 10.8 Å². The summed E-state index contributed by atoms with van der Waals surface area (Å²) in [6, 6.07) is 5.58. The average molecular weight is 483 g/mol. The van der Waals surface area contributed by atoms with Crippen molar-refractivity contribution in [2.75, 3.05) is 7.11 Å². The molecule has 0 saturated heterocycles. The minimum Gasteiger partial charge on any atom is -0.507 e. The maximum atomic E-state index is 15.1. The smallest absolute Gasteiger partial charge is 0.233 e. The molecule has 9 heteroatoms. The van der Waals surface area contributed by atoms with E-state index in [9.17, 15) is 9.50 Å². The summed E-state index contributed by atoms with van der Waals surface area (Å²) in [5.41, 5.74) is 0.214. The molecule has 1 N–H and O–H groups in total. The molecule has 0 aliphatic heterocycles. The third kappa shape index (κ3) is 4.51. The molecule has 0 unspecified atom stereocenters. The fraction of sp³-hybridized carbons (Fsp3) is 0.462. The van der Waals surface area contributed by atoms with Crippen molar-refractivity contribution in [3.8, 4) is 39.9 Å². The number of methoxy groups -OCH3 is 1. The summed E-state index contributed by atoms with van der Waals surface area (Å²) in [5, 5.41) is 26.1. The molecule has 2 fully saturated rings. The zero-order chi connectivity index (χ0) is 24.8. The molecule has 2 aromatic heterocycles. The van der Waals surface area contributed by atoms with Gasteiger partial charge in [0.25, 0.3) is 0 Å². The van der Waals surface area contributed by atoms with Gasteiger partial charge in [0, 0.05) is 23.3 Å². The van der Waals surface area contributed by atoms with Crippen LogP contribution in [0.3, 0.4) is 0 Å². The first kappa shape index (κ1) is 23.4. The van der Waals surface area contributed by atoms with E-state index >= 15 is 4.39 Å². The Morgan fingerprint density at radius 3 is 2.37 bits per heavy atom. The number of hydrogen-bond acceptors (Lipinski definition) is 7. The van der Waals surface area contributed by atoms with Crippen LogP contribution >= 0.6 is 0 Å². The quantitative estimate of drug-likeness (QED) is 0.497. The van der Waals surface area contributed by atoms with Gasteiger partial charge in [0.15, 0.2) is 11.6 Å². The number of benzene rings is 1. The molecule has 0 amide bonds. The number of phenolic OH excluding ortho intramolecular Hbond substituents is 1. The van der Waals surface area contributed by atoms with E-state index in [0.717, 1.165) is 18.9 Å². The predicted molar refractivity (Wildman–Crippen MR) is 125 cm³/mol. The molecule has 0 radical (unpaired) electrons. The molecule has 0 spiro atoms. The second-order valence-corrected chi connectivity index (χ2v) is 10.5. The number of ether oxygens (including phenoxy) is 2. The number of rotatable bonds is 5. The van der Waals surface area contributed by atoms with Crippen LogP contribution in [-0.4, -0.2) is 38.7 Å². The third-order valence-corrected chi connectivity index (χ3v) is 7.38. The van der Waals surface area contributed by atoms with Gasteiger partial charge in [-0.1, -0.05) is 20.3 Å². The first-order chi connectivity index (χ1) is 16.7. The fourth-order valence-electron chi connectivity index (χ4n) is 6.10. The first-order valence-electron chi connectivity index (χ1n) is 11.8. The lowest BCUT2D eigenvalue weighted by atomic mass is 9.55.